The molecule has 0 aliphatic rings. The summed E-state index contributed by atoms with van der Waals surface area (Å²) in [5.41, 5.74) is 2.65. The van der Waals surface area contributed by atoms with Crippen LogP contribution >= 0.6 is 0 Å². The van der Waals surface area contributed by atoms with Crippen molar-refractivity contribution in [3.05, 3.63) is 102 Å². The zero-order valence-corrected chi connectivity index (χ0v) is 12.7. The standard InChI is InChI=1S/C19H15NOS/c21-22(18-14-8-3-9-15-18)20-19(16-10-4-1-5-11-16)17-12-6-2-7-13-17/h1-15H. The van der Waals surface area contributed by atoms with Crippen LogP contribution in [0.5, 0.6) is 0 Å². The first kappa shape index (κ1) is 14.4. The summed E-state index contributed by atoms with van der Waals surface area (Å²) < 4.78 is 17.0. The van der Waals surface area contributed by atoms with Gasteiger partial charge in [0.15, 0.2) is 11.0 Å². The van der Waals surface area contributed by atoms with E-state index in [2.05, 4.69) is 4.40 Å². The maximum atomic E-state index is 12.5. The summed E-state index contributed by atoms with van der Waals surface area (Å²) in [6, 6.07) is 29.0. The Kier molecular flexibility index (Phi) is 4.56. The Hall–Kier alpha value is -2.52. The van der Waals surface area contributed by atoms with Crippen LogP contribution < -0.4 is 0 Å². The molecule has 0 radical (unpaired) electrons. The summed E-state index contributed by atoms with van der Waals surface area (Å²) in [5.74, 6) is 0. The van der Waals surface area contributed by atoms with Gasteiger partial charge in [-0.1, -0.05) is 78.9 Å². The molecule has 3 rings (SSSR count). The van der Waals surface area contributed by atoms with Gasteiger partial charge in [-0.05, 0) is 12.1 Å². The molecule has 108 valence electrons. The molecule has 22 heavy (non-hydrogen) atoms. The molecule has 0 bridgehead atoms. The second kappa shape index (κ2) is 6.96. The SMILES string of the molecule is O=S(N=C(c1ccccc1)c1ccccc1)c1ccccc1. The lowest BCUT2D eigenvalue weighted by Crippen LogP contribution is -2.05. The van der Waals surface area contributed by atoms with Crippen molar-refractivity contribution in [2.45, 2.75) is 4.90 Å². The Balaban J connectivity index is 2.06. The van der Waals surface area contributed by atoms with E-state index in [9.17, 15) is 4.21 Å². The molecule has 0 fully saturated rings. The molecule has 1 atom stereocenters. The lowest BCUT2D eigenvalue weighted by atomic mass is 10.0. The van der Waals surface area contributed by atoms with E-state index in [0.717, 1.165) is 16.8 Å². The Morgan fingerprint density at radius 1 is 0.636 bits per heavy atom. The van der Waals surface area contributed by atoms with Gasteiger partial charge in [-0.2, -0.15) is 4.40 Å². The van der Waals surface area contributed by atoms with Gasteiger partial charge < -0.3 is 0 Å². The molecule has 0 saturated carbocycles. The maximum absolute atomic E-state index is 12.5. The second-order valence-electron chi connectivity index (χ2n) is 4.73. The topological polar surface area (TPSA) is 29.4 Å². The first-order chi connectivity index (χ1) is 10.8. The molecular formula is C19H15NOS. The summed E-state index contributed by atoms with van der Waals surface area (Å²) >= 11 is 0. The van der Waals surface area contributed by atoms with Crippen molar-refractivity contribution in [3.8, 4) is 0 Å². The zero-order chi connectivity index (χ0) is 15.2. The van der Waals surface area contributed by atoms with Crippen LogP contribution in [0.25, 0.3) is 0 Å². The van der Waals surface area contributed by atoms with Crippen LogP contribution in [0.4, 0.5) is 0 Å². The van der Waals surface area contributed by atoms with Crippen LogP contribution in [0, 0.1) is 0 Å². The van der Waals surface area contributed by atoms with Crippen molar-refractivity contribution >= 4 is 16.7 Å². The Morgan fingerprint density at radius 3 is 1.50 bits per heavy atom. The van der Waals surface area contributed by atoms with Crippen molar-refractivity contribution in [2.75, 3.05) is 0 Å². The first-order valence-electron chi connectivity index (χ1n) is 7.01. The molecule has 0 aliphatic carbocycles. The summed E-state index contributed by atoms with van der Waals surface area (Å²) in [6.45, 7) is 0. The van der Waals surface area contributed by atoms with Crippen LogP contribution in [0.1, 0.15) is 11.1 Å². The smallest absolute Gasteiger partial charge is 0.173 e. The number of nitrogens with zero attached hydrogens (tertiary/aromatic N) is 1. The quantitative estimate of drug-likeness (QED) is 0.663. The predicted molar refractivity (Wildman–Crippen MR) is 91.4 cm³/mol. The predicted octanol–water partition coefficient (Wildman–Crippen LogP) is 4.25. The van der Waals surface area contributed by atoms with Gasteiger partial charge in [-0.15, -0.1) is 0 Å². The molecule has 0 aromatic heterocycles. The van der Waals surface area contributed by atoms with Crippen LogP contribution in [0.2, 0.25) is 0 Å². The van der Waals surface area contributed by atoms with Gasteiger partial charge in [0.25, 0.3) is 0 Å². The third kappa shape index (κ3) is 3.38. The molecule has 3 aromatic rings. The molecule has 0 N–H and O–H groups in total. The summed E-state index contributed by atoms with van der Waals surface area (Å²) in [5, 5.41) is 0. The Bertz CT molecular complexity index is 742. The monoisotopic (exact) mass is 305 g/mol. The van der Waals surface area contributed by atoms with Crippen molar-refractivity contribution < 1.29 is 4.21 Å². The summed E-state index contributed by atoms with van der Waals surface area (Å²) in [6.07, 6.45) is 0. The van der Waals surface area contributed by atoms with E-state index >= 15 is 0 Å². The second-order valence-corrected chi connectivity index (χ2v) is 5.89. The van der Waals surface area contributed by atoms with Crippen molar-refractivity contribution in [3.63, 3.8) is 0 Å². The Morgan fingerprint density at radius 2 is 1.05 bits per heavy atom. The molecule has 0 saturated heterocycles. The molecule has 1 unspecified atom stereocenters. The van der Waals surface area contributed by atoms with E-state index in [1.165, 1.54) is 0 Å². The van der Waals surface area contributed by atoms with E-state index in [1.54, 1.807) is 0 Å². The summed E-state index contributed by atoms with van der Waals surface area (Å²) in [7, 11) is -1.43. The first-order valence-corrected chi connectivity index (χ1v) is 8.12. The highest BCUT2D eigenvalue weighted by molar-refractivity contribution is 7.84. The van der Waals surface area contributed by atoms with E-state index < -0.39 is 11.0 Å². The molecule has 0 spiro atoms. The highest BCUT2D eigenvalue weighted by atomic mass is 32.2. The van der Waals surface area contributed by atoms with Crippen LogP contribution in [-0.4, -0.2) is 9.92 Å². The van der Waals surface area contributed by atoms with Crippen molar-refractivity contribution in [2.24, 2.45) is 4.40 Å². The zero-order valence-electron chi connectivity index (χ0n) is 11.9. The molecule has 0 heterocycles. The fraction of sp³-hybridized carbons (Fsp3) is 0. The van der Waals surface area contributed by atoms with Crippen LogP contribution in [-0.2, 0) is 11.0 Å². The fourth-order valence-corrected chi connectivity index (χ4v) is 3.01. The minimum Gasteiger partial charge on any atom is -0.229 e. The number of hydrogen-bond acceptors (Lipinski definition) is 1. The van der Waals surface area contributed by atoms with Gasteiger partial charge in [0, 0.05) is 11.1 Å². The van der Waals surface area contributed by atoms with E-state index in [1.807, 2.05) is 91.0 Å². The Labute approximate surface area is 132 Å². The lowest BCUT2D eigenvalue weighted by molar-refractivity contribution is 0.684. The molecule has 0 amide bonds. The number of benzene rings is 3. The summed E-state index contributed by atoms with van der Waals surface area (Å²) in [4.78, 5) is 0.701. The average Bonchev–Trinajstić information content (AvgIpc) is 2.62. The molecule has 0 aliphatic heterocycles. The van der Waals surface area contributed by atoms with Gasteiger partial charge >= 0.3 is 0 Å². The molecule has 3 aromatic carbocycles. The molecule has 2 nitrogen and oxygen atoms in total. The third-order valence-corrected chi connectivity index (χ3v) is 4.24. The highest BCUT2D eigenvalue weighted by Gasteiger charge is 2.09. The molecule has 3 heteroatoms. The number of hydrogen-bond donors (Lipinski definition) is 0. The van der Waals surface area contributed by atoms with E-state index in [0.29, 0.717) is 4.90 Å². The third-order valence-electron chi connectivity index (χ3n) is 3.21. The van der Waals surface area contributed by atoms with Gasteiger partial charge in [-0.3, -0.25) is 0 Å². The van der Waals surface area contributed by atoms with Gasteiger partial charge in [-0.25, -0.2) is 4.21 Å². The lowest BCUT2D eigenvalue weighted by Gasteiger charge is -2.07. The maximum Gasteiger partial charge on any atom is 0.173 e. The minimum absolute atomic E-state index is 0.701. The van der Waals surface area contributed by atoms with Gasteiger partial charge in [0.05, 0.1) is 10.6 Å². The van der Waals surface area contributed by atoms with Crippen molar-refractivity contribution in [1.29, 1.82) is 0 Å². The van der Waals surface area contributed by atoms with Crippen molar-refractivity contribution in [1.82, 2.24) is 0 Å². The van der Waals surface area contributed by atoms with Gasteiger partial charge in [0.2, 0.25) is 0 Å². The fourth-order valence-electron chi connectivity index (χ4n) is 2.14. The van der Waals surface area contributed by atoms with E-state index in [-0.39, 0.29) is 0 Å². The highest BCUT2D eigenvalue weighted by Crippen LogP contribution is 2.14. The van der Waals surface area contributed by atoms with Crippen LogP contribution in [0.15, 0.2) is 100 Å². The largest absolute Gasteiger partial charge is 0.229 e. The normalized spacial score (nSPS) is 11.6. The van der Waals surface area contributed by atoms with E-state index in [4.69, 9.17) is 0 Å². The molecular weight excluding hydrogens is 290 g/mol. The number of rotatable bonds is 4. The van der Waals surface area contributed by atoms with Crippen LogP contribution in [0.3, 0.4) is 0 Å². The average molecular weight is 305 g/mol. The van der Waals surface area contributed by atoms with Gasteiger partial charge in [0.1, 0.15) is 0 Å². The minimum atomic E-state index is -1.43.